The SMILES string of the molecule is Cc1ccc(CCC(CS(=O)(=O)c2ccc(C)cc2)C(=O)c2ccc(C(=O)On3nnc4ccccc43)cc2)cc1. The fourth-order valence-electron chi connectivity index (χ4n) is 4.54. The van der Waals surface area contributed by atoms with Gasteiger partial charge in [0.05, 0.1) is 16.2 Å². The summed E-state index contributed by atoms with van der Waals surface area (Å²) in [6.07, 6.45) is 0.909. The van der Waals surface area contributed by atoms with E-state index in [0.717, 1.165) is 21.5 Å². The molecular formula is C32H29N3O5S. The molecule has 5 aromatic rings. The molecular weight excluding hydrogens is 538 g/mol. The van der Waals surface area contributed by atoms with Crippen molar-refractivity contribution >= 4 is 32.6 Å². The maximum atomic E-state index is 13.7. The van der Waals surface area contributed by atoms with E-state index in [9.17, 15) is 18.0 Å². The molecule has 0 aliphatic carbocycles. The van der Waals surface area contributed by atoms with Gasteiger partial charge in [0, 0.05) is 11.5 Å². The number of carbonyl (C=O) groups excluding carboxylic acids is 2. The van der Waals surface area contributed by atoms with E-state index in [1.54, 1.807) is 48.5 Å². The van der Waals surface area contributed by atoms with Crippen molar-refractivity contribution in [3.05, 3.63) is 125 Å². The molecule has 208 valence electrons. The number of aryl methyl sites for hydroxylation is 3. The quantitative estimate of drug-likeness (QED) is 0.168. The van der Waals surface area contributed by atoms with Crippen LogP contribution in [-0.4, -0.2) is 41.1 Å². The second-order valence-electron chi connectivity index (χ2n) is 10.1. The first-order chi connectivity index (χ1) is 19.7. The number of nitrogens with zero attached hydrogens (tertiary/aromatic N) is 3. The van der Waals surface area contributed by atoms with Gasteiger partial charge >= 0.3 is 5.97 Å². The van der Waals surface area contributed by atoms with E-state index >= 15 is 0 Å². The summed E-state index contributed by atoms with van der Waals surface area (Å²) >= 11 is 0. The molecule has 4 aromatic carbocycles. The number of hydrogen-bond acceptors (Lipinski definition) is 7. The number of benzene rings is 4. The summed E-state index contributed by atoms with van der Waals surface area (Å²) < 4.78 is 26.6. The molecule has 0 aliphatic rings. The van der Waals surface area contributed by atoms with E-state index in [-0.39, 0.29) is 22.0 Å². The van der Waals surface area contributed by atoms with Crippen LogP contribution in [-0.2, 0) is 16.3 Å². The van der Waals surface area contributed by atoms with Crippen LogP contribution in [0.1, 0.15) is 43.8 Å². The van der Waals surface area contributed by atoms with E-state index in [0.29, 0.717) is 29.4 Å². The molecule has 9 heteroatoms. The van der Waals surface area contributed by atoms with Gasteiger partial charge in [-0.15, -0.1) is 5.10 Å². The minimum Gasteiger partial charge on any atom is -0.312 e. The second kappa shape index (κ2) is 11.9. The number of ketones is 1. The largest absolute Gasteiger partial charge is 0.365 e. The Morgan fingerprint density at radius 1 is 0.805 bits per heavy atom. The molecule has 1 unspecified atom stereocenters. The Morgan fingerprint density at radius 3 is 2.10 bits per heavy atom. The van der Waals surface area contributed by atoms with Crippen molar-refractivity contribution in [2.75, 3.05) is 5.75 Å². The minimum atomic E-state index is -3.72. The van der Waals surface area contributed by atoms with Crippen molar-refractivity contribution in [3.63, 3.8) is 0 Å². The summed E-state index contributed by atoms with van der Waals surface area (Å²) in [4.78, 5) is 33.0. The molecule has 0 fully saturated rings. The summed E-state index contributed by atoms with van der Waals surface area (Å²) in [5, 5.41) is 7.82. The van der Waals surface area contributed by atoms with Crippen LogP contribution in [0.15, 0.2) is 102 Å². The summed E-state index contributed by atoms with van der Waals surface area (Å²) in [5.74, 6) is -2.06. The Morgan fingerprint density at radius 2 is 1.41 bits per heavy atom. The number of fused-ring (bicyclic) bond motifs is 1. The molecule has 8 nitrogen and oxygen atoms in total. The number of hydrogen-bond donors (Lipinski definition) is 0. The fraction of sp³-hybridized carbons (Fsp3) is 0.188. The van der Waals surface area contributed by atoms with Crippen molar-refractivity contribution in [1.29, 1.82) is 0 Å². The molecule has 0 saturated carbocycles. The zero-order chi connectivity index (χ0) is 29.0. The lowest BCUT2D eigenvalue weighted by Crippen LogP contribution is -2.25. The Hall–Kier alpha value is -4.63. The maximum Gasteiger partial charge on any atom is 0.365 e. The molecule has 0 bridgehead atoms. The van der Waals surface area contributed by atoms with Gasteiger partial charge in [0.25, 0.3) is 0 Å². The summed E-state index contributed by atoms with van der Waals surface area (Å²) in [5.41, 5.74) is 4.76. The molecule has 0 saturated heterocycles. The summed E-state index contributed by atoms with van der Waals surface area (Å²) in [6, 6.07) is 27.7. The molecule has 0 amide bonds. The molecule has 0 N–H and O–H groups in total. The topological polar surface area (TPSA) is 108 Å². The lowest BCUT2D eigenvalue weighted by molar-refractivity contribution is 0.0408. The molecule has 0 aliphatic heterocycles. The van der Waals surface area contributed by atoms with E-state index in [1.807, 2.05) is 38.1 Å². The molecule has 0 spiro atoms. The zero-order valence-corrected chi connectivity index (χ0v) is 23.5. The predicted molar refractivity (Wildman–Crippen MR) is 155 cm³/mol. The number of aromatic nitrogens is 3. The van der Waals surface area contributed by atoms with Crippen LogP contribution >= 0.6 is 0 Å². The molecule has 5 rings (SSSR count). The van der Waals surface area contributed by atoms with Crippen LogP contribution < -0.4 is 4.84 Å². The van der Waals surface area contributed by atoms with E-state index in [1.165, 1.54) is 24.3 Å². The van der Waals surface area contributed by atoms with Gasteiger partial charge in [-0.25, -0.2) is 13.2 Å². The number of rotatable bonds is 10. The molecule has 1 atom stereocenters. The van der Waals surface area contributed by atoms with Crippen molar-refractivity contribution in [1.82, 2.24) is 15.2 Å². The average molecular weight is 568 g/mol. The highest BCUT2D eigenvalue weighted by molar-refractivity contribution is 7.91. The summed E-state index contributed by atoms with van der Waals surface area (Å²) in [7, 11) is -3.72. The Bertz CT molecular complexity index is 1790. The molecule has 41 heavy (non-hydrogen) atoms. The highest BCUT2D eigenvalue weighted by Gasteiger charge is 2.28. The second-order valence-corrected chi connectivity index (χ2v) is 12.1. The maximum absolute atomic E-state index is 13.7. The molecule has 0 radical (unpaired) electrons. The number of Topliss-reactive ketones (excluding diaryl/α,β-unsaturated/α-hetero) is 1. The monoisotopic (exact) mass is 567 g/mol. The van der Waals surface area contributed by atoms with Crippen LogP contribution in [0.2, 0.25) is 0 Å². The number of sulfone groups is 1. The van der Waals surface area contributed by atoms with Gasteiger partial charge in [0.2, 0.25) is 0 Å². The molecule has 1 heterocycles. The highest BCUT2D eigenvalue weighted by atomic mass is 32.2. The van der Waals surface area contributed by atoms with Crippen LogP contribution in [0.4, 0.5) is 0 Å². The standard InChI is InChI=1S/C32H29N3O5S/c1-22-7-11-24(12-8-22)13-14-27(21-41(38,39)28-19-9-23(2)10-20-28)31(36)25-15-17-26(18-16-25)32(37)40-35-30-6-4-3-5-29(30)33-34-35/h3-12,15-20,27H,13-14,21H2,1-2H3. The lowest BCUT2D eigenvalue weighted by Gasteiger charge is -2.17. The van der Waals surface area contributed by atoms with Gasteiger partial charge in [-0.3, -0.25) is 4.79 Å². The first kappa shape index (κ1) is 27.9. The van der Waals surface area contributed by atoms with Gasteiger partial charge in [0.1, 0.15) is 11.0 Å². The van der Waals surface area contributed by atoms with E-state index < -0.39 is 21.7 Å². The number of carbonyl (C=O) groups is 2. The van der Waals surface area contributed by atoms with Crippen LogP contribution in [0.25, 0.3) is 11.0 Å². The third-order valence-electron chi connectivity index (χ3n) is 6.97. The number of para-hydroxylation sites is 1. The first-order valence-electron chi connectivity index (χ1n) is 13.2. The van der Waals surface area contributed by atoms with Gasteiger partial charge < -0.3 is 4.84 Å². The first-order valence-corrected chi connectivity index (χ1v) is 14.9. The Kier molecular flexibility index (Phi) is 8.07. The third kappa shape index (κ3) is 6.58. The highest BCUT2D eigenvalue weighted by Crippen LogP contribution is 2.23. The lowest BCUT2D eigenvalue weighted by atomic mass is 9.92. The molecule has 1 aromatic heterocycles. The summed E-state index contributed by atoms with van der Waals surface area (Å²) in [6.45, 7) is 3.88. The van der Waals surface area contributed by atoms with E-state index in [2.05, 4.69) is 10.3 Å². The van der Waals surface area contributed by atoms with Gasteiger partial charge in [0.15, 0.2) is 15.6 Å². The van der Waals surface area contributed by atoms with Crippen molar-refractivity contribution in [3.8, 4) is 0 Å². The van der Waals surface area contributed by atoms with Crippen molar-refractivity contribution in [2.45, 2.75) is 31.6 Å². The van der Waals surface area contributed by atoms with Crippen LogP contribution in [0.3, 0.4) is 0 Å². The van der Waals surface area contributed by atoms with Gasteiger partial charge in [-0.2, -0.15) is 0 Å². The third-order valence-corrected chi connectivity index (χ3v) is 8.80. The fourth-order valence-corrected chi connectivity index (χ4v) is 6.14. The predicted octanol–water partition coefficient (Wildman–Crippen LogP) is 5.22. The Labute approximate surface area is 238 Å². The van der Waals surface area contributed by atoms with Crippen LogP contribution in [0.5, 0.6) is 0 Å². The van der Waals surface area contributed by atoms with Gasteiger partial charge in [-0.05, 0) is 73.9 Å². The van der Waals surface area contributed by atoms with Crippen molar-refractivity contribution < 1.29 is 22.8 Å². The van der Waals surface area contributed by atoms with Crippen LogP contribution in [0, 0.1) is 19.8 Å². The average Bonchev–Trinajstić information content (AvgIpc) is 3.38. The van der Waals surface area contributed by atoms with Crippen molar-refractivity contribution in [2.24, 2.45) is 5.92 Å². The normalized spacial score (nSPS) is 12.2. The van der Waals surface area contributed by atoms with Gasteiger partial charge in [-0.1, -0.05) is 76.6 Å². The zero-order valence-electron chi connectivity index (χ0n) is 22.7. The smallest absolute Gasteiger partial charge is 0.312 e. The Balaban J connectivity index is 1.35. The van der Waals surface area contributed by atoms with E-state index in [4.69, 9.17) is 4.84 Å². The minimum absolute atomic E-state index is 0.190.